The van der Waals surface area contributed by atoms with E-state index in [0.29, 0.717) is 6.04 Å². The topological polar surface area (TPSA) is 29.9 Å². The Morgan fingerprint density at radius 1 is 1.30 bits per heavy atom. The highest BCUT2D eigenvalue weighted by Gasteiger charge is 2.04. The minimum Gasteiger partial charge on any atom is -0.341 e. The summed E-state index contributed by atoms with van der Waals surface area (Å²) in [6.45, 7) is 6.09. The maximum absolute atomic E-state index is 4.37. The van der Waals surface area contributed by atoms with E-state index in [0.717, 1.165) is 18.8 Å². The van der Waals surface area contributed by atoms with Crippen LogP contribution in [0.25, 0.3) is 10.9 Å². The van der Waals surface area contributed by atoms with Gasteiger partial charge in [-0.2, -0.15) is 0 Å². The van der Waals surface area contributed by atoms with Crippen molar-refractivity contribution in [1.82, 2.24) is 14.9 Å². The van der Waals surface area contributed by atoms with Gasteiger partial charge in [-0.15, -0.1) is 11.3 Å². The highest BCUT2D eigenvalue weighted by molar-refractivity contribution is 7.07. The van der Waals surface area contributed by atoms with Gasteiger partial charge in [0, 0.05) is 29.7 Å². The van der Waals surface area contributed by atoms with Crippen LogP contribution >= 0.6 is 11.3 Å². The van der Waals surface area contributed by atoms with Crippen LogP contribution in [0.4, 0.5) is 0 Å². The number of aromatic nitrogens is 2. The van der Waals surface area contributed by atoms with Gasteiger partial charge in [0.05, 0.1) is 17.7 Å². The van der Waals surface area contributed by atoms with Crippen molar-refractivity contribution in [2.75, 3.05) is 0 Å². The second kappa shape index (κ2) is 5.77. The van der Waals surface area contributed by atoms with Crippen LogP contribution < -0.4 is 5.32 Å². The van der Waals surface area contributed by atoms with Crippen molar-refractivity contribution in [3.63, 3.8) is 0 Å². The zero-order valence-corrected chi connectivity index (χ0v) is 12.7. The van der Waals surface area contributed by atoms with Gasteiger partial charge in [0.15, 0.2) is 0 Å². The van der Waals surface area contributed by atoms with Crippen molar-refractivity contribution in [1.29, 1.82) is 0 Å². The average Bonchev–Trinajstić information content (AvgIpc) is 3.07. The molecule has 0 amide bonds. The van der Waals surface area contributed by atoms with E-state index < -0.39 is 0 Å². The predicted octanol–water partition coefficient (Wildman–Crippen LogP) is 3.64. The number of rotatable bonds is 5. The summed E-state index contributed by atoms with van der Waals surface area (Å²) in [6.07, 6.45) is 2.14. The fourth-order valence-electron chi connectivity index (χ4n) is 2.29. The van der Waals surface area contributed by atoms with Crippen molar-refractivity contribution in [2.24, 2.45) is 0 Å². The lowest BCUT2D eigenvalue weighted by atomic mass is 10.1. The molecule has 3 aromatic rings. The van der Waals surface area contributed by atoms with E-state index in [1.807, 2.05) is 5.51 Å². The van der Waals surface area contributed by atoms with Crippen LogP contribution in [0.2, 0.25) is 0 Å². The first-order chi connectivity index (χ1) is 9.72. The minimum atomic E-state index is 0.507. The van der Waals surface area contributed by atoms with Crippen LogP contribution in [0, 0.1) is 0 Å². The van der Waals surface area contributed by atoms with Crippen molar-refractivity contribution in [3.05, 3.63) is 52.6 Å². The highest BCUT2D eigenvalue weighted by Crippen LogP contribution is 2.19. The number of nitrogens with zero attached hydrogens (tertiary/aromatic N) is 2. The van der Waals surface area contributed by atoms with Crippen molar-refractivity contribution in [2.45, 2.75) is 33.0 Å². The molecule has 3 nitrogen and oxygen atoms in total. The summed E-state index contributed by atoms with van der Waals surface area (Å²) >= 11 is 1.65. The molecule has 1 aromatic carbocycles. The molecule has 0 spiro atoms. The second-order valence-electron chi connectivity index (χ2n) is 5.35. The highest BCUT2D eigenvalue weighted by atomic mass is 32.1. The zero-order valence-electron chi connectivity index (χ0n) is 11.8. The van der Waals surface area contributed by atoms with E-state index in [1.54, 1.807) is 11.3 Å². The fraction of sp³-hybridized carbons (Fsp3) is 0.312. The molecule has 0 fully saturated rings. The third-order valence-electron chi connectivity index (χ3n) is 3.37. The van der Waals surface area contributed by atoms with E-state index in [2.05, 4.69) is 64.6 Å². The zero-order chi connectivity index (χ0) is 13.9. The van der Waals surface area contributed by atoms with Gasteiger partial charge in [-0.25, -0.2) is 4.98 Å². The van der Waals surface area contributed by atoms with Crippen molar-refractivity contribution in [3.8, 4) is 0 Å². The largest absolute Gasteiger partial charge is 0.341 e. The first kappa shape index (κ1) is 13.3. The lowest BCUT2D eigenvalue weighted by Gasteiger charge is -2.09. The number of fused-ring (bicyclic) bond motifs is 1. The van der Waals surface area contributed by atoms with E-state index in [-0.39, 0.29) is 0 Å². The van der Waals surface area contributed by atoms with Gasteiger partial charge in [0.25, 0.3) is 0 Å². The van der Waals surface area contributed by atoms with E-state index in [9.17, 15) is 0 Å². The van der Waals surface area contributed by atoms with Crippen LogP contribution in [0.15, 0.2) is 41.4 Å². The number of benzene rings is 1. The Hall–Kier alpha value is -1.65. The molecule has 1 N–H and O–H groups in total. The molecule has 0 saturated heterocycles. The lowest BCUT2D eigenvalue weighted by Crippen LogP contribution is -2.21. The van der Waals surface area contributed by atoms with Gasteiger partial charge in [-0.1, -0.05) is 26.0 Å². The molecule has 0 atom stereocenters. The summed E-state index contributed by atoms with van der Waals surface area (Å²) in [7, 11) is 0. The molecule has 0 saturated carbocycles. The smallest absolute Gasteiger partial charge is 0.0795 e. The standard InChI is InChI=1S/C16H19N3S/c1-12(2)17-8-13-3-4-14-5-6-19(16(14)7-13)9-15-10-20-11-18-15/h3-7,10-12,17H,8-9H2,1-2H3. The molecule has 104 valence electrons. The van der Waals surface area contributed by atoms with Gasteiger partial charge in [-0.3, -0.25) is 0 Å². The first-order valence-corrected chi connectivity index (χ1v) is 7.85. The molecule has 2 heterocycles. The monoisotopic (exact) mass is 285 g/mol. The number of hydrogen-bond donors (Lipinski definition) is 1. The summed E-state index contributed by atoms with van der Waals surface area (Å²) in [5.41, 5.74) is 5.61. The summed E-state index contributed by atoms with van der Waals surface area (Å²) in [5.74, 6) is 0. The first-order valence-electron chi connectivity index (χ1n) is 6.90. The quantitative estimate of drug-likeness (QED) is 0.775. The number of thiazole rings is 1. The van der Waals surface area contributed by atoms with Crippen LogP contribution in [0.1, 0.15) is 25.1 Å². The molecule has 0 radical (unpaired) electrons. The number of nitrogens with one attached hydrogen (secondary N) is 1. The molecule has 0 aliphatic heterocycles. The summed E-state index contributed by atoms with van der Waals surface area (Å²) in [4.78, 5) is 4.37. The number of hydrogen-bond acceptors (Lipinski definition) is 3. The Labute approximate surface area is 123 Å². The SMILES string of the molecule is CC(C)NCc1ccc2ccn(Cc3cscn3)c2c1. The molecule has 3 rings (SSSR count). The second-order valence-corrected chi connectivity index (χ2v) is 6.07. The third-order valence-corrected chi connectivity index (χ3v) is 4.00. The molecule has 20 heavy (non-hydrogen) atoms. The maximum atomic E-state index is 4.37. The van der Waals surface area contributed by atoms with Gasteiger partial charge in [0.2, 0.25) is 0 Å². The van der Waals surface area contributed by atoms with Gasteiger partial charge >= 0.3 is 0 Å². The van der Waals surface area contributed by atoms with Gasteiger partial charge in [-0.05, 0) is 23.1 Å². The van der Waals surface area contributed by atoms with E-state index in [1.165, 1.54) is 16.5 Å². The molecule has 0 unspecified atom stereocenters. The van der Waals surface area contributed by atoms with Crippen LogP contribution in [-0.4, -0.2) is 15.6 Å². The van der Waals surface area contributed by atoms with Crippen LogP contribution in [0.5, 0.6) is 0 Å². The Morgan fingerprint density at radius 2 is 2.20 bits per heavy atom. The maximum Gasteiger partial charge on any atom is 0.0795 e. The Bertz CT molecular complexity index is 683. The normalized spacial score (nSPS) is 11.6. The third kappa shape index (κ3) is 2.92. The van der Waals surface area contributed by atoms with Crippen LogP contribution in [-0.2, 0) is 13.1 Å². The molecule has 0 bridgehead atoms. The van der Waals surface area contributed by atoms with Crippen LogP contribution in [0.3, 0.4) is 0 Å². The Kier molecular flexibility index (Phi) is 3.85. The molecular weight excluding hydrogens is 266 g/mol. The Balaban J connectivity index is 1.87. The lowest BCUT2D eigenvalue weighted by molar-refractivity contribution is 0.589. The van der Waals surface area contributed by atoms with Gasteiger partial charge in [0.1, 0.15) is 0 Å². The predicted molar refractivity (Wildman–Crippen MR) is 85.1 cm³/mol. The summed E-state index contributed by atoms with van der Waals surface area (Å²) < 4.78 is 2.27. The molecule has 0 aliphatic carbocycles. The fourth-order valence-corrected chi connectivity index (χ4v) is 2.84. The summed E-state index contributed by atoms with van der Waals surface area (Å²) in [5, 5.41) is 6.86. The molecular formula is C16H19N3S. The Morgan fingerprint density at radius 3 is 2.95 bits per heavy atom. The average molecular weight is 285 g/mol. The molecule has 2 aromatic heterocycles. The van der Waals surface area contributed by atoms with E-state index in [4.69, 9.17) is 0 Å². The van der Waals surface area contributed by atoms with E-state index >= 15 is 0 Å². The van der Waals surface area contributed by atoms with Crippen molar-refractivity contribution >= 4 is 22.2 Å². The minimum absolute atomic E-state index is 0.507. The van der Waals surface area contributed by atoms with Gasteiger partial charge < -0.3 is 9.88 Å². The molecule has 4 heteroatoms. The summed E-state index contributed by atoms with van der Waals surface area (Å²) in [6, 6.07) is 9.35. The molecule has 0 aliphatic rings. The van der Waals surface area contributed by atoms with Crippen molar-refractivity contribution < 1.29 is 0 Å².